The molecule has 1 aliphatic heterocycles. The highest BCUT2D eigenvalue weighted by molar-refractivity contribution is 5.55. The summed E-state index contributed by atoms with van der Waals surface area (Å²) in [5.41, 5.74) is 1.79. The van der Waals surface area contributed by atoms with Crippen LogP contribution in [0.5, 0.6) is 11.5 Å². The van der Waals surface area contributed by atoms with Gasteiger partial charge >= 0.3 is 0 Å². The van der Waals surface area contributed by atoms with Crippen LogP contribution >= 0.6 is 0 Å². The van der Waals surface area contributed by atoms with Gasteiger partial charge in [-0.05, 0) is 30.3 Å². The summed E-state index contributed by atoms with van der Waals surface area (Å²) in [6.45, 7) is 4.06. The van der Waals surface area contributed by atoms with E-state index in [-0.39, 0.29) is 17.4 Å². The Hall–Kier alpha value is -2.67. The number of nitro benzene ring substituents is 1. The Morgan fingerprint density at radius 3 is 2.57 bits per heavy atom. The van der Waals surface area contributed by atoms with Crippen molar-refractivity contribution >= 4 is 5.69 Å². The number of aromatic nitrogens is 1. The zero-order chi connectivity index (χ0) is 16.2. The van der Waals surface area contributed by atoms with E-state index < -0.39 is 0 Å². The van der Waals surface area contributed by atoms with Gasteiger partial charge in [-0.25, -0.2) is 0 Å². The van der Waals surface area contributed by atoms with Crippen LogP contribution < -0.4 is 9.47 Å². The number of ether oxygens (including phenoxy) is 2. The first-order chi connectivity index (χ1) is 11.2. The molecule has 0 spiro atoms. The Balaban J connectivity index is 1.84. The predicted molar refractivity (Wildman–Crippen MR) is 83.2 cm³/mol. The average Bonchev–Trinajstić information content (AvgIpc) is 3.01. The van der Waals surface area contributed by atoms with Gasteiger partial charge < -0.3 is 9.47 Å². The molecule has 120 valence electrons. The number of nitro groups is 1. The third kappa shape index (κ3) is 3.40. The minimum Gasteiger partial charge on any atom is -0.454 e. The summed E-state index contributed by atoms with van der Waals surface area (Å²) in [4.78, 5) is 17.1. The lowest BCUT2D eigenvalue weighted by Gasteiger charge is -2.20. The molecule has 0 saturated heterocycles. The molecule has 0 atom stereocenters. The van der Waals surface area contributed by atoms with Crippen LogP contribution in [0, 0.1) is 10.1 Å². The predicted octanol–water partition coefficient (Wildman–Crippen LogP) is 2.74. The van der Waals surface area contributed by atoms with Gasteiger partial charge in [-0.2, -0.15) is 0 Å². The second-order valence-electron chi connectivity index (χ2n) is 5.25. The van der Waals surface area contributed by atoms with Crippen LogP contribution in [0.15, 0.2) is 36.7 Å². The molecule has 3 rings (SSSR count). The van der Waals surface area contributed by atoms with Gasteiger partial charge in [-0.1, -0.05) is 6.92 Å². The van der Waals surface area contributed by atoms with Crippen molar-refractivity contribution in [2.75, 3.05) is 13.3 Å². The number of hydrogen-bond donors (Lipinski definition) is 0. The number of pyridine rings is 1. The van der Waals surface area contributed by atoms with E-state index in [1.54, 1.807) is 18.5 Å². The lowest BCUT2D eigenvalue weighted by molar-refractivity contribution is -0.385. The summed E-state index contributed by atoms with van der Waals surface area (Å²) in [6.07, 6.45) is 3.48. The van der Waals surface area contributed by atoms with Crippen LogP contribution in [-0.2, 0) is 13.1 Å². The van der Waals surface area contributed by atoms with Crippen LogP contribution in [0.2, 0.25) is 0 Å². The van der Waals surface area contributed by atoms with Crippen molar-refractivity contribution in [2.24, 2.45) is 0 Å². The highest BCUT2D eigenvalue weighted by atomic mass is 16.7. The molecule has 1 aromatic carbocycles. The minimum absolute atomic E-state index is 0.0578. The van der Waals surface area contributed by atoms with E-state index in [4.69, 9.17) is 9.47 Å². The van der Waals surface area contributed by atoms with Crippen molar-refractivity contribution in [3.63, 3.8) is 0 Å². The first-order valence-corrected chi connectivity index (χ1v) is 7.35. The van der Waals surface area contributed by atoms with Crippen LogP contribution in [0.1, 0.15) is 18.1 Å². The third-order valence-corrected chi connectivity index (χ3v) is 3.77. The molecule has 0 saturated carbocycles. The highest BCUT2D eigenvalue weighted by Gasteiger charge is 2.24. The molecule has 0 fully saturated rings. The van der Waals surface area contributed by atoms with Crippen molar-refractivity contribution in [3.8, 4) is 11.5 Å². The Morgan fingerprint density at radius 1 is 1.22 bits per heavy atom. The van der Waals surface area contributed by atoms with Gasteiger partial charge in [0.2, 0.25) is 6.79 Å². The number of hydrogen-bond acceptors (Lipinski definition) is 6. The number of nitrogens with zero attached hydrogens (tertiary/aromatic N) is 3. The summed E-state index contributed by atoms with van der Waals surface area (Å²) in [6, 6.07) is 7.03. The Bertz CT molecular complexity index is 706. The second-order valence-corrected chi connectivity index (χ2v) is 5.25. The van der Waals surface area contributed by atoms with Gasteiger partial charge in [0.05, 0.1) is 11.0 Å². The maximum absolute atomic E-state index is 11.3. The zero-order valence-corrected chi connectivity index (χ0v) is 12.8. The summed E-state index contributed by atoms with van der Waals surface area (Å²) < 4.78 is 10.6. The maximum atomic E-state index is 11.3. The fourth-order valence-electron chi connectivity index (χ4n) is 2.54. The lowest BCUT2D eigenvalue weighted by atomic mass is 10.1. The van der Waals surface area contributed by atoms with Gasteiger partial charge in [0.25, 0.3) is 5.69 Å². The van der Waals surface area contributed by atoms with E-state index in [2.05, 4.69) is 9.88 Å². The number of fused-ring (bicyclic) bond motifs is 1. The van der Waals surface area contributed by atoms with E-state index in [0.29, 0.717) is 30.2 Å². The van der Waals surface area contributed by atoms with E-state index in [1.807, 2.05) is 19.1 Å². The smallest absolute Gasteiger partial charge is 0.277 e. The fraction of sp³-hybridized carbons (Fsp3) is 0.312. The van der Waals surface area contributed by atoms with Crippen LogP contribution in [0.3, 0.4) is 0 Å². The second kappa shape index (κ2) is 6.62. The average molecular weight is 315 g/mol. The largest absolute Gasteiger partial charge is 0.454 e. The molecular weight excluding hydrogens is 298 g/mol. The molecular formula is C16H17N3O4. The molecule has 7 nitrogen and oxygen atoms in total. The van der Waals surface area contributed by atoms with Gasteiger partial charge in [0, 0.05) is 31.0 Å². The molecule has 0 N–H and O–H groups in total. The Kier molecular flexibility index (Phi) is 4.38. The minimum atomic E-state index is -0.377. The van der Waals surface area contributed by atoms with Crippen molar-refractivity contribution in [1.82, 2.24) is 9.88 Å². The summed E-state index contributed by atoms with van der Waals surface area (Å²) >= 11 is 0. The zero-order valence-electron chi connectivity index (χ0n) is 12.8. The van der Waals surface area contributed by atoms with E-state index in [9.17, 15) is 10.1 Å². The van der Waals surface area contributed by atoms with Crippen LogP contribution in [0.25, 0.3) is 0 Å². The molecule has 1 aliphatic rings. The van der Waals surface area contributed by atoms with Crippen LogP contribution in [0.4, 0.5) is 5.69 Å². The molecule has 0 bridgehead atoms. The fourth-order valence-corrected chi connectivity index (χ4v) is 2.54. The third-order valence-electron chi connectivity index (χ3n) is 3.77. The molecule has 0 radical (unpaired) electrons. The molecule has 23 heavy (non-hydrogen) atoms. The van der Waals surface area contributed by atoms with Gasteiger partial charge in [-0.3, -0.25) is 20.0 Å². The lowest BCUT2D eigenvalue weighted by Crippen LogP contribution is -2.22. The topological polar surface area (TPSA) is 77.7 Å². The van der Waals surface area contributed by atoms with Crippen molar-refractivity contribution in [3.05, 3.63) is 57.9 Å². The number of rotatable bonds is 6. The highest BCUT2D eigenvalue weighted by Crippen LogP contribution is 2.38. The van der Waals surface area contributed by atoms with Gasteiger partial charge in [0.1, 0.15) is 0 Å². The van der Waals surface area contributed by atoms with Crippen molar-refractivity contribution < 1.29 is 14.4 Å². The first kappa shape index (κ1) is 15.2. The normalized spacial score (nSPS) is 12.6. The van der Waals surface area contributed by atoms with E-state index in [0.717, 1.165) is 12.1 Å². The van der Waals surface area contributed by atoms with Crippen LogP contribution in [-0.4, -0.2) is 28.1 Å². The molecule has 0 unspecified atom stereocenters. The number of benzene rings is 1. The van der Waals surface area contributed by atoms with E-state index in [1.165, 1.54) is 6.07 Å². The molecule has 7 heteroatoms. The summed E-state index contributed by atoms with van der Waals surface area (Å²) in [5, 5.41) is 11.3. The monoisotopic (exact) mass is 315 g/mol. The Morgan fingerprint density at radius 2 is 1.91 bits per heavy atom. The van der Waals surface area contributed by atoms with Gasteiger partial charge in [-0.15, -0.1) is 0 Å². The van der Waals surface area contributed by atoms with Crippen molar-refractivity contribution in [2.45, 2.75) is 20.0 Å². The molecule has 2 heterocycles. The molecule has 0 aliphatic carbocycles. The van der Waals surface area contributed by atoms with Crippen molar-refractivity contribution in [1.29, 1.82) is 0 Å². The molecule has 1 aromatic heterocycles. The van der Waals surface area contributed by atoms with E-state index >= 15 is 0 Å². The summed E-state index contributed by atoms with van der Waals surface area (Å²) in [7, 11) is 0. The standard InChI is InChI=1S/C16H17N3O4/c1-2-18(9-12-3-5-17-6-4-12)10-13-7-15-16(23-11-22-15)8-14(13)19(20)21/h3-8H,2,9-11H2,1H3. The summed E-state index contributed by atoms with van der Waals surface area (Å²) in [5.74, 6) is 0.989. The Labute approximate surface area is 133 Å². The quantitative estimate of drug-likeness (QED) is 0.602. The van der Waals surface area contributed by atoms with Gasteiger partial charge in [0.15, 0.2) is 11.5 Å². The molecule has 2 aromatic rings. The first-order valence-electron chi connectivity index (χ1n) is 7.35. The molecule has 0 amide bonds. The SMILES string of the molecule is CCN(Cc1ccncc1)Cc1cc2c(cc1[N+](=O)[O-])OCO2. The maximum Gasteiger partial charge on any atom is 0.277 e.